The molecule has 0 aromatic rings. The minimum Gasteiger partial charge on any atom is -0.316 e. The van der Waals surface area contributed by atoms with Crippen molar-refractivity contribution in [1.29, 1.82) is 0 Å². The van der Waals surface area contributed by atoms with E-state index < -0.39 is 10.2 Å². The number of nitrogens with zero attached hydrogens (tertiary/aromatic N) is 1. The van der Waals surface area contributed by atoms with Gasteiger partial charge in [0.1, 0.15) is 0 Å². The third-order valence-corrected chi connectivity index (χ3v) is 4.93. The molecule has 1 fully saturated rings. The van der Waals surface area contributed by atoms with Crippen molar-refractivity contribution in [2.75, 3.05) is 26.7 Å². The maximum atomic E-state index is 12.0. The lowest BCUT2D eigenvalue weighted by molar-refractivity contribution is 0.283. The van der Waals surface area contributed by atoms with Crippen LogP contribution in [0.25, 0.3) is 0 Å². The van der Waals surface area contributed by atoms with Gasteiger partial charge in [-0.1, -0.05) is 26.2 Å². The fraction of sp³-hybridized carbons (Fsp3) is 1.00. The predicted octanol–water partition coefficient (Wildman–Crippen LogP) is 1.12. The smallest absolute Gasteiger partial charge is 0.279 e. The predicted molar refractivity (Wildman–Crippen MR) is 77.4 cm³/mol. The van der Waals surface area contributed by atoms with Gasteiger partial charge in [0.2, 0.25) is 0 Å². The summed E-state index contributed by atoms with van der Waals surface area (Å²) in [4.78, 5) is 0. The van der Waals surface area contributed by atoms with Crippen molar-refractivity contribution in [3.8, 4) is 0 Å². The topological polar surface area (TPSA) is 61.4 Å². The van der Waals surface area contributed by atoms with Gasteiger partial charge < -0.3 is 5.32 Å². The summed E-state index contributed by atoms with van der Waals surface area (Å²) in [6.07, 6.45) is 5.50. The van der Waals surface area contributed by atoms with Gasteiger partial charge in [-0.15, -0.1) is 12.4 Å². The average molecular weight is 300 g/mol. The van der Waals surface area contributed by atoms with Gasteiger partial charge >= 0.3 is 0 Å². The summed E-state index contributed by atoms with van der Waals surface area (Å²) in [5, 5.41) is 3.09. The van der Waals surface area contributed by atoms with E-state index in [0.29, 0.717) is 13.1 Å². The highest BCUT2D eigenvalue weighted by atomic mass is 35.5. The van der Waals surface area contributed by atoms with E-state index in [1.807, 2.05) is 6.92 Å². The molecule has 0 aromatic heterocycles. The summed E-state index contributed by atoms with van der Waals surface area (Å²) in [6, 6.07) is 0.181. The minimum absolute atomic E-state index is 0. The zero-order valence-corrected chi connectivity index (χ0v) is 12.9. The first-order valence-corrected chi connectivity index (χ1v) is 7.95. The molecule has 18 heavy (non-hydrogen) atoms. The summed E-state index contributed by atoms with van der Waals surface area (Å²) in [7, 11) is -1.61. The molecule has 0 atom stereocenters. The number of nitrogens with one attached hydrogen (secondary N) is 2. The van der Waals surface area contributed by atoms with Gasteiger partial charge in [-0.25, -0.2) is 4.72 Å². The van der Waals surface area contributed by atoms with E-state index in [4.69, 9.17) is 0 Å². The van der Waals surface area contributed by atoms with Crippen LogP contribution in [-0.4, -0.2) is 45.4 Å². The van der Waals surface area contributed by atoms with Crippen LogP contribution in [0.1, 0.15) is 39.0 Å². The summed E-state index contributed by atoms with van der Waals surface area (Å²) < 4.78 is 28.1. The fourth-order valence-corrected chi connectivity index (χ4v) is 3.35. The molecule has 1 aliphatic rings. The lowest BCUT2D eigenvalue weighted by Gasteiger charge is -2.30. The summed E-state index contributed by atoms with van der Waals surface area (Å²) >= 11 is 0. The van der Waals surface area contributed by atoms with Gasteiger partial charge in [0.05, 0.1) is 0 Å². The van der Waals surface area contributed by atoms with E-state index in [9.17, 15) is 8.42 Å². The van der Waals surface area contributed by atoms with Crippen LogP contribution in [-0.2, 0) is 10.2 Å². The first-order valence-electron chi connectivity index (χ1n) is 6.51. The fourth-order valence-electron chi connectivity index (χ4n) is 2.19. The van der Waals surface area contributed by atoms with Gasteiger partial charge in [-0.05, 0) is 19.4 Å². The van der Waals surface area contributed by atoms with Crippen LogP contribution in [0, 0.1) is 0 Å². The highest BCUT2D eigenvalue weighted by molar-refractivity contribution is 7.87. The van der Waals surface area contributed by atoms with Crippen molar-refractivity contribution < 1.29 is 8.42 Å². The molecule has 0 radical (unpaired) electrons. The van der Waals surface area contributed by atoms with Crippen molar-refractivity contribution >= 4 is 22.6 Å². The van der Waals surface area contributed by atoms with Crippen LogP contribution in [0.3, 0.4) is 0 Å². The van der Waals surface area contributed by atoms with Crippen molar-refractivity contribution in [2.45, 2.75) is 45.1 Å². The second-order valence-corrected chi connectivity index (χ2v) is 6.38. The van der Waals surface area contributed by atoms with E-state index in [-0.39, 0.29) is 18.4 Å². The van der Waals surface area contributed by atoms with Gasteiger partial charge in [-0.2, -0.15) is 12.7 Å². The molecule has 1 rings (SSSR count). The standard InChI is InChI=1S/C11H25N3O2S.ClH/c1-3-12-9-10-13-17(15,16)14(2)11-7-5-4-6-8-11;/h11-13H,3-10H2,1-2H3;1H. The van der Waals surface area contributed by atoms with Crippen molar-refractivity contribution in [2.24, 2.45) is 0 Å². The number of likely N-dealkylation sites (N-methyl/N-ethyl adjacent to an activating group) is 1. The molecule has 5 nitrogen and oxygen atoms in total. The largest absolute Gasteiger partial charge is 0.316 e. The molecule has 0 spiro atoms. The number of halogens is 1. The van der Waals surface area contributed by atoms with E-state index in [1.54, 1.807) is 7.05 Å². The second-order valence-electron chi connectivity index (χ2n) is 4.56. The molecular formula is C11H26ClN3O2S. The first kappa shape index (κ1) is 18.1. The lowest BCUT2D eigenvalue weighted by atomic mass is 9.96. The second kappa shape index (κ2) is 9.09. The molecular weight excluding hydrogens is 274 g/mol. The Morgan fingerprint density at radius 1 is 1.17 bits per heavy atom. The Morgan fingerprint density at radius 2 is 1.78 bits per heavy atom. The Kier molecular flexibility index (Phi) is 9.15. The number of hydrogen-bond donors (Lipinski definition) is 2. The van der Waals surface area contributed by atoms with Gasteiger partial charge in [0, 0.05) is 26.2 Å². The SMILES string of the molecule is CCNCCNS(=O)(=O)N(C)C1CCCCC1.Cl. The number of hydrogen-bond acceptors (Lipinski definition) is 3. The Bertz CT molecular complexity index is 305. The first-order chi connectivity index (χ1) is 8.08. The van der Waals surface area contributed by atoms with Gasteiger partial charge in [0.25, 0.3) is 10.2 Å². The molecule has 1 aliphatic carbocycles. The zero-order valence-electron chi connectivity index (χ0n) is 11.3. The molecule has 2 N–H and O–H groups in total. The van der Waals surface area contributed by atoms with Crippen molar-refractivity contribution in [3.05, 3.63) is 0 Å². The average Bonchev–Trinajstić information content (AvgIpc) is 2.35. The normalized spacial score (nSPS) is 17.7. The van der Waals surface area contributed by atoms with Crippen LogP contribution in [0.15, 0.2) is 0 Å². The maximum absolute atomic E-state index is 12.0. The van der Waals surface area contributed by atoms with Crippen molar-refractivity contribution in [3.63, 3.8) is 0 Å². The monoisotopic (exact) mass is 299 g/mol. The van der Waals surface area contributed by atoms with Crippen LogP contribution in [0.4, 0.5) is 0 Å². The molecule has 0 bridgehead atoms. The van der Waals surface area contributed by atoms with Crippen LogP contribution in [0.5, 0.6) is 0 Å². The van der Waals surface area contributed by atoms with Crippen LogP contribution in [0.2, 0.25) is 0 Å². The van der Waals surface area contributed by atoms with Crippen LogP contribution < -0.4 is 10.0 Å². The number of rotatable bonds is 7. The molecule has 1 saturated carbocycles. The summed E-state index contributed by atoms with van der Waals surface area (Å²) in [5.74, 6) is 0. The summed E-state index contributed by atoms with van der Waals surface area (Å²) in [5.41, 5.74) is 0. The Balaban J connectivity index is 0.00000289. The Morgan fingerprint density at radius 3 is 2.33 bits per heavy atom. The third-order valence-electron chi connectivity index (χ3n) is 3.30. The molecule has 0 saturated heterocycles. The van der Waals surface area contributed by atoms with Gasteiger partial charge in [-0.3, -0.25) is 0 Å². The third kappa shape index (κ3) is 5.84. The lowest BCUT2D eigenvalue weighted by Crippen LogP contribution is -2.46. The highest BCUT2D eigenvalue weighted by Crippen LogP contribution is 2.22. The quantitative estimate of drug-likeness (QED) is 0.693. The van der Waals surface area contributed by atoms with E-state index >= 15 is 0 Å². The molecule has 110 valence electrons. The van der Waals surface area contributed by atoms with E-state index in [0.717, 1.165) is 32.2 Å². The van der Waals surface area contributed by atoms with E-state index in [1.165, 1.54) is 10.7 Å². The van der Waals surface area contributed by atoms with Crippen LogP contribution >= 0.6 is 12.4 Å². The van der Waals surface area contributed by atoms with E-state index in [2.05, 4.69) is 10.0 Å². The molecule has 0 aromatic carbocycles. The molecule has 0 heterocycles. The Hall–Kier alpha value is 0.120. The highest BCUT2D eigenvalue weighted by Gasteiger charge is 2.26. The molecule has 0 unspecified atom stereocenters. The van der Waals surface area contributed by atoms with Crippen molar-refractivity contribution in [1.82, 2.24) is 14.3 Å². The maximum Gasteiger partial charge on any atom is 0.279 e. The Labute approximate surface area is 117 Å². The van der Waals surface area contributed by atoms with Gasteiger partial charge in [0.15, 0.2) is 0 Å². The molecule has 7 heteroatoms. The molecule has 0 aliphatic heterocycles. The minimum atomic E-state index is -3.30. The zero-order chi connectivity index (χ0) is 12.7. The molecule has 0 amide bonds. The summed E-state index contributed by atoms with van der Waals surface area (Å²) in [6.45, 7) is 3.99.